The van der Waals surface area contributed by atoms with Crippen LogP contribution in [0, 0.1) is 0 Å². The van der Waals surface area contributed by atoms with Crippen LogP contribution in [-0.2, 0) is 4.79 Å². The number of ether oxygens (including phenoxy) is 2. The summed E-state index contributed by atoms with van der Waals surface area (Å²) in [6.07, 6.45) is 0.739. The van der Waals surface area contributed by atoms with E-state index >= 15 is 0 Å². The topological polar surface area (TPSA) is 72.8 Å². The molecule has 0 aromatic heterocycles. The van der Waals surface area contributed by atoms with Crippen molar-refractivity contribution in [1.29, 1.82) is 0 Å². The lowest BCUT2D eigenvalue weighted by Gasteiger charge is -2.10. The molecular formula is C11H9BrO5. The van der Waals surface area contributed by atoms with Crippen molar-refractivity contribution in [2.45, 2.75) is 6.42 Å². The fourth-order valence-corrected chi connectivity index (χ4v) is 2.04. The standard InChI is InChI=1S/C11H9BrO5/c12-7-4-6(9(13)11(14)15)5-8-10(7)17-3-1-2-16-8/h4-5H,1-3H2,(H,14,15). The van der Waals surface area contributed by atoms with Gasteiger partial charge in [-0.25, -0.2) is 4.79 Å². The van der Waals surface area contributed by atoms with Crippen LogP contribution in [0.3, 0.4) is 0 Å². The highest BCUT2D eigenvalue weighted by molar-refractivity contribution is 9.10. The molecule has 2 rings (SSSR count). The number of carbonyl (C=O) groups is 2. The molecule has 0 spiro atoms. The van der Waals surface area contributed by atoms with Gasteiger partial charge in [0.05, 0.1) is 17.7 Å². The number of carbonyl (C=O) groups excluding carboxylic acids is 1. The lowest BCUT2D eigenvalue weighted by molar-refractivity contribution is -0.131. The van der Waals surface area contributed by atoms with E-state index in [2.05, 4.69) is 15.9 Å². The Morgan fingerprint density at radius 2 is 1.94 bits per heavy atom. The molecule has 5 nitrogen and oxygen atoms in total. The van der Waals surface area contributed by atoms with E-state index in [-0.39, 0.29) is 5.56 Å². The summed E-state index contributed by atoms with van der Waals surface area (Å²) >= 11 is 3.23. The number of fused-ring (bicyclic) bond motifs is 1. The molecule has 0 saturated carbocycles. The molecule has 1 aromatic rings. The van der Waals surface area contributed by atoms with Gasteiger partial charge in [0.15, 0.2) is 11.5 Å². The second-order valence-electron chi connectivity index (χ2n) is 3.47. The molecule has 6 heteroatoms. The SMILES string of the molecule is O=C(O)C(=O)c1cc(Br)c2c(c1)OCCCO2. The van der Waals surface area contributed by atoms with Crippen molar-refractivity contribution in [1.82, 2.24) is 0 Å². The highest BCUT2D eigenvalue weighted by Crippen LogP contribution is 2.38. The van der Waals surface area contributed by atoms with Gasteiger partial charge in [-0.05, 0) is 28.1 Å². The van der Waals surface area contributed by atoms with Crippen molar-refractivity contribution in [3.63, 3.8) is 0 Å². The van der Waals surface area contributed by atoms with Gasteiger partial charge in [-0.3, -0.25) is 4.79 Å². The van der Waals surface area contributed by atoms with E-state index in [0.29, 0.717) is 29.2 Å². The zero-order valence-electron chi connectivity index (χ0n) is 8.73. The molecule has 0 fully saturated rings. The fraction of sp³-hybridized carbons (Fsp3) is 0.273. The van der Waals surface area contributed by atoms with E-state index < -0.39 is 11.8 Å². The lowest BCUT2D eigenvalue weighted by atomic mass is 10.1. The monoisotopic (exact) mass is 300 g/mol. The summed E-state index contributed by atoms with van der Waals surface area (Å²) in [5.74, 6) is -1.57. The second kappa shape index (κ2) is 4.75. The number of halogens is 1. The number of carboxylic acid groups (broad SMARTS) is 1. The maximum absolute atomic E-state index is 11.4. The van der Waals surface area contributed by atoms with E-state index in [1.807, 2.05) is 0 Å². The van der Waals surface area contributed by atoms with Gasteiger partial charge < -0.3 is 14.6 Å². The van der Waals surface area contributed by atoms with E-state index in [1.165, 1.54) is 12.1 Å². The molecule has 0 bridgehead atoms. The van der Waals surface area contributed by atoms with Crippen LogP contribution in [0.5, 0.6) is 11.5 Å². The Kier molecular flexibility index (Phi) is 3.33. The van der Waals surface area contributed by atoms with Gasteiger partial charge in [0, 0.05) is 12.0 Å². The first-order valence-corrected chi connectivity index (χ1v) is 5.75. The minimum absolute atomic E-state index is 0.0635. The van der Waals surface area contributed by atoms with Crippen LogP contribution in [0.15, 0.2) is 16.6 Å². The molecule has 0 radical (unpaired) electrons. The average molecular weight is 301 g/mol. The maximum atomic E-state index is 11.4. The summed E-state index contributed by atoms with van der Waals surface area (Å²) in [5, 5.41) is 8.65. The summed E-state index contributed by atoms with van der Waals surface area (Å²) in [6.45, 7) is 1.00. The summed E-state index contributed by atoms with van der Waals surface area (Å²) in [5.41, 5.74) is 0.0635. The Balaban J connectivity index is 2.45. The summed E-state index contributed by atoms with van der Waals surface area (Å²) in [6, 6.07) is 2.81. The van der Waals surface area contributed by atoms with Gasteiger partial charge in [-0.2, -0.15) is 0 Å². The third-order valence-electron chi connectivity index (χ3n) is 2.26. The van der Waals surface area contributed by atoms with E-state index in [1.54, 1.807) is 0 Å². The predicted octanol–water partition coefficient (Wildman–Crippen LogP) is 1.88. The number of hydrogen-bond acceptors (Lipinski definition) is 4. The Bertz CT molecular complexity index is 483. The summed E-state index contributed by atoms with van der Waals surface area (Å²) in [4.78, 5) is 22.0. The van der Waals surface area contributed by atoms with Crippen molar-refractivity contribution in [2.24, 2.45) is 0 Å². The fourth-order valence-electron chi connectivity index (χ4n) is 1.49. The number of hydrogen-bond donors (Lipinski definition) is 1. The number of aliphatic carboxylic acids is 1. The third-order valence-corrected chi connectivity index (χ3v) is 2.85. The molecule has 1 N–H and O–H groups in total. The second-order valence-corrected chi connectivity index (χ2v) is 4.32. The quantitative estimate of drug-likeness (QED) is 0.667. The van der Waals surface area contributed by atoms with Gasteiger partial charge in [-0.15, -0.1) is 0 Å². The molecule has 0 saturated heterocycles. The number of carboxylic acids is 1. The van der Waals surface area contributed by atoms with Gasteiger partial charge in [0.25, 0.3) is 5.78 Å². The summed E-state index contributed by atoms with van der Waals surface area (Å²) < 4.78 is 11.4. The molecule has 0 aliphatic carbocycles. The van der Waals surface area contributed by atoms with Crippen LogP contribution in [-0.4, -0.2) is 30.1 Å². The molecule has 1 aliphatic rings. The van der Waals surface area contributed by atoms with Gasteiger partial charge >= 0.3 is 5.97 Å². The third kappa shape index (κ3) is 2.41. The van der Waals surface area contributed by atoms with E-state index in [4.69, 9.17) is 14.6 Å². The van der Waals surface area contributed by atoms with Crippen molar-refractivity contribution in [2.75, 3.05) is 13.2 Å². The molecule has 17 heavy (non-hydrogen) atoms. The molecule has 1 aliphatic heterocycles. The molecule has 1 aromatic carbocycles. The van der Waals surface area contributed by atoms with Gasteiger partial charge in [0.1, 0.15) is 0 Å². The van der Waals surface area contributed by atoms with Crippen LogP contribution in [0.4, 0.5) is 0 Å². The lowest BCUT2D eigenvalue weighted by Crippen LogP contribution is -2.13. The first kappa shape index (κ1) is 11.9. The van der Waals surface area contributed by atoms with Crippen molar-refractivity contribution in [3.05, 3.63) is 22.2 Å². The Hall–Kier alpha value is -1.56. The molecule has 0 atom stereocenters. The van der Waals surface area contributed by atoms with Gasteiger partial charge in [-0.1, -0.05) is 0 Å². The number of ketones is 1. The van der Waals surface area contributed by atoms with Crippen LogP contribution in [0.1, 0.15) is 16.8 Å². The minimum atomic E-state index is -1.49. The van der Waals surface area contributed by atoms with Gasteiger partial charge in [0.2, 0.25) is 0 Å². The predicted molar refractivity (Wildman–Crippen MR) is 61.7 cm³/mol. The average Bonchev–Trinajstić information content (AvgIpc) is 2.53. The zero-order chi connectivity index (χ0) is 12.4. The molecule has 0 unspecified atom stereocenters. The molecular weight excluding hydrogens is 292 g/mol. The van der Waals surface area contributed by atoms with E-state index in [9.17, 15) is 9.59 Å². The van der Waals surface area contributed by atoms with E-state index in [0.717, 1.165) is 6.42 Å². The normalized spacial score (nSPS) is 13.9. The Morgan fingerprint density at radius 1 is 1.24 bits per heavy atom. The Labute approximate surface area is 105 Å². The minimum Gasteiger partial charge on any atom is -0.489 e. The highest BCUT2D eigenvalue weighted by atomic mass is 79.9. The van der Waals surface area contributed by atoms with Crippen LogP contribution in [0.25, 0.3) is 0 Å². The first-order valence-electron chi connectivity index (χ1n) is 4.96. The number of rotatable bonds is 2. The smallest absolute Gasteiger partial charge is 0.377 e. The van der Waals surface area contributed by atoms with Crippen LogP contribution < -0.4 is 9.47 Å². The number of Topliss-reactive ketones (excluding diaryl/α,β-unsaturated/α-hetero) is 1. The zero-order valence-corrected chi connectivity index (χ0v) is 10.3. The maximum Gasteiger partial charge on any atom is 0.377 e. The highest BCUT2D eigenvalue weighted by Gasteiger charge is 2.21. The molecule has 0 amide bonds. The Morgan fingerprint density at radius 3 is 2.65 bits per heavy atom. The van der Waals surface area contributed by atoms with Crippen LogP contribution in [0.2, 0.25) is 0 Å². The summed E-state index contributed by atoms with van der Waals surface area (Å²) in [7, 11) is 0. The number of benzene rings is 1. The van der Waals surface area contributed by atoms with Crippen molar-refractivity contribution in [3.8, 4) is 11.5 Å². The first-order chi connectivity index (χ1) is 8.09. The largest absolute Gasteiger partial charge is 0.489 e. The molecule has 90 valence electrons. The van der Waals surface area contributed by atoms with Crippen LogP contribution >= 0.6 is 15.9 Å². The van der Waals surface area contributed by atoms with Crippen molar-refractivity contribution >= 4 is 27.7 Å². The van der Waals surface area contributed by atoms with Crippen molar-refractivity contribution < 1.29 is 24.2 Å². The molecule has 1 heterocycles.